The molecule has 0 radical (unpaired) electrons. The van der Waals surface area contributed by atoms with Gasteiger partial charge in [-0.3, -0.25) is 40.5 Å². The highest BCUT2D eigenvalue weighted by Crippen LogP contribution is 2.40. The van der Waals surface area contributed by atoms with Crippen LogP contribution >= 0.6 is 0 Å². The Hall–Kier alpha value is -10.4. The predicted molar refractivity (Wildman–Crippen MR) is 263 cm³/mol. The van der Waals surface area contributed by atoms with E-state index in [0.717, 1.165) is 46.2 Å². The number of rotatable bonds is 16. The van der Waals surface area contributed by atoms with E-state index in [4.69, 9.17) is 9.47 Å². The van der Waals surface area contributed by atoms with Crippen molar-refractivity contribution in [2.45, 2.75) is 26.9 Å². The first-order chi connectivity index (χ1) is 34.7. The summed E-state index contributed by atoms with van der Waals surface area (Å²) in [6.45, 7) is 3.75. The van der Waals surface area contributed by atoms with Crippen molar-refractivity contribution in [3.05, 3.63) is 172 Å². The summed E-state index contributed by atoms with van der Waals surface area (Å²) < 4.78 is 10.6. The largest absolute Gasteiger partial charge is 0.497 e. The number of anilines is 2. The number of methoxy groups -OCH3 is 2. The highest BCUT2D eigenvalue weighted by atomic mass is 16.6. The molecular formula is C46H38N16O10. The van der Waals surface area contributed by atoms with Gasteiger partial charge in [-0.25, -0.2) is 0 Å². The van der Waals surface area contributed by atoms with E-state index in [1.165, 1.54) is 13.8 Å². The maximum atomic E-state index is 11.4. The van der Waals surface area contributed by atoms with Crippen molar-refractivity contribution < 1.29 is 29.2 Å². The van der Waals surface area contributed by atoms with E-state index in [-0.39, 0.29) is 22.5 Å². The van der Waals surface area contributed by atoms with Gasteiger partial charge in [-0.15, -0.1) is 20.5 Å². The van der Waals surface area contributed by atoms with Crippen LogP contribution in [0.1, 0.15) is 22.3 Å². The lowest BCUT2D eigenvalue weighted by Crippen LogP contribution is -2.01. The van der Waals surface area contributed by atoms with Gasteiger partial charge in [0.15, 0.2) is 0 Å². The molecule has 4 N–H and O–H groups in total. The number of non-ortho nitro benzene ring substituents is 2. The molecule has 2 aromatic heterocycles. The van der Waals surface area contributed by atoms with Crippen LogP contribution in [0.25, 0.3) is 32.8 Å². The van der Waals surface area contributed by atoms with E-state index in [1.54, 1.807) is 44.6 Å². The molecule has 0 fully saturated rings. The fourth-order valence-electron chi connectivity index (χ4n) is 7.43. The zero-order valence-electron chi connectivity index (χ0n) is 38.3. The standard InChI is InChI=1S/C24H18N8O4.C22H20N8O6/c1-14-21(11-17(31(33)34)12-22(14)32(35)36)26-28-23-19(9-10-20-24(23)29-30-27-20)25-13-16-7-4-6-15-5-2-3-8-18(15)16;1-12-19(8-14(29(31)32)9-20(12)30(33)34)24-26-21-17(4-5-18-22(21)27-28-25-18)23-11-13-6-15(35-2)10-16(7-13)36-3/h2-12,25H,13H2,1H3,(H,27,29,30);4-10,23H,11H2,1-3H3,(H,25,27,28). The second-order valence-corrected chi connectivity index (χ2v) is 15.5. The van der Waals surface area contributed by atoms with Crippen LogP contribution in [0, 0.1) is 54.3 Å². The zero-order chi connectivity index (χ0) is 51.1. The van der Waals surface area contributed by atoms with Gasteiger partial charge in [0.05, 0.1) is 68.5 Å². The molecule has 0 unspecified atom stereocenters. The average molecular weight is 975 g/mol. The Labute approximate surface area is 404 Å². The van der Waals surface area contributed by atoms with Gasteiger partial charge in [-0.05, 0) is 72.1 Å². The van der Waals surface area contributed by atoms with E-state index in [9.17, 15) is 40.5 Å². The van der Waals surface area contributed by atoms with Crippen molar-refractivity contribution >= 4 is 89.7 Å². The number of nitrogens with zero attached hydrogens (tertiary/aromatic N) is 12. The number of H-pyrrole nitrogens is 2. The number of nitro groups is 4. The molecule has 9 aromatic rings. The SMILES string of the molecule is COc1cc(CNc2ccc3n[nH]nc3c2N=Nc2cc([N+](=O)[O-])cc([N+](=O)[O-])c2C)cc(OC)c1.Cc1c(N=Nc2c(NCc3cccc4ccccc34)ccc3n[nH]nc23)cc([N+](=O)[O-])cc1[N+](=O)[O-]. The van der Waals surface area contributed by atoms with Crippen LogP contribution in [-0.4, -0.2) is 64.7 Å². The van der Waals surface area contributed by atoms with Gasteiger partial charge in [-0.2, -0.15) is 30.8 Å². The molecule has 26 heteroatoms. The van der Waals surface area contributed by atoms with Crippen LogP contribution in [0.15, 0.2) is 130 Å². The summed E-state index contributed by atoms with van der Waals surface area (Å²) in [6, 6.07) is 30.6. The lowest BCUT2D eigenvalue weighted by atomic mass is 10.0. The van der Waals surface area contributed by atoms with Crippen molar-refractivity contribution in [2.24, 2.45) is 20.5 Å². The number of hydrogen-bond donors (Lipinski definition) is 4. The molecule has 0 aliphatic heterocycles. The maximum Gasteiger partial charge on any atom is 0.281 e. The number of aromatic amines is 2. The minimum Gasteiger partial charge on any atom is -0.497 e. The van der Waals surface area contributed by atoms with Gasteiger partial charge in [0.25, 0.3) is 22.7 Å². The third-order valence-corrected chi connectivity index (χ3v) is 11.2. The first-order valence-corrected chi connectivity index (χ1v) is 21.3. The number of azo groups is 2. The van der Waals surface area contributed by atoms with Crippen molar-refractivity contribution in [1.82, 2.24) is 30.8 Å². The van der Waals surface area contributed by atoms with Crippen LogP contribution < -0.4 is 20.1 Å². The first kappa shape index (κ1) is 48.1. The monoisotopic (exact) mass is 974 g/mol. The predicted octanol–water partition coefficient (Wildman–Crippen LogP) is 11.4. The molecule has 0 atom stereocenters. The molecule has 0 amide bonds. The number of ether oxygens (including phenoxy) is 2. The summed E-state index contributed by atoms with van der Waals surface area (Å²) in [6.07, 6.45) is 0. The van der Waals surface area contributed by atoms with E-state index < -0.39 is 42.4 Å². The third kappa shape index (κ3) is 10.4. The van der Waals surface area contributed by atoms with Gasteiger partial charge in [0.2, 0.25) is 0 Å². The van der Waals surface area contributed by atoms with Gasteiger partial charge in [0.1, 0.15) is 56.3 Å². The number of fused-ring (bicyclic) bond motifs is 3. The lowest BCUT2D eigenvalue weighted by molar-refractivity contribution is -0.394. The summed E-state index contributed by atoms with van der Waals surface area (Å²) >= 11 is 0. The Kier molecular flexibility index (Phi) is 13.9. The van der Waals surface area contributed by atoms with E-state index >= 15 is 0 Å². The minimum atomic E-state index is -0.723. The molecule has 0 bridgehead atoms. The van der Waals surface area contributed by atoms with Crippen LogP contribution in [-0.2, 0) is 13.1 Å². The molecule has 0 aliphatic rings. The number of nitrogens with one attached hydrogen (secondary N) is 4. The molecule has 7 aromatic carbocycles. The summed E-state index contributed by atoms with van der Waals surface area (Å²) in [7, 11) is 3.12. The average Bonchev–Trinajstić information content (AvgIpc) is 4.07. The molecule has 0 saturated carbocycles. The Morgan fingerprint density at radius 3 is 1.51 bits per heavy atom. The molecule has 0 aliphatic carbocycles. The third-order valence-electron chi connectivity index (χ3n) is 11.2. The van der Waals surface area contributed by atoms with Gasteiger partial charge < -0.3 is 20.1 Å². The Balaban J connectivity index is 0.000000193. The van der Waals surface area contributed by atoms with Crippen molar-refractivity contribution in [3.63, 3.8) is 0 Å². The molecule has 72 heavy (non-hydrogen) atoms. The number of nitro benzene ring substituents is 4. The molecule has 9 rings (SSSR count). The summed E-state index contributed by atoms with van der Waals surface area (Å²) in [5, 5.41) is 92.6. The van der Waals surface area contributed by atoms with Crippen molar-refractivity contribution in [3.8, 4) is 11.5 Å². The first-order valence-electron chi connectivity index (χ1n) is 21.3. The maximum absolute atomic E-state index is 11.4. The topological polar surface area (TPSA) is 348 Å². The summed E-state index contributed by atoms with van der Waals surface area (Å²) in [5.41, 5.74) is 4.13. The molecule has 26 nitrogen and oxygen atoms in total. The minimum absolute atomic E-state index is 0.0106. The van der Waals surface area contributed by atoms with E-state index in [1.807, 2.05) is 54.6 Å². The van der Waals surface area contributed by atoms with Crippen molar-refractivity contribution in [1.29, 1.82) is 0 Å². The quantitative estimate of drug-likeness (QED) is 0.0397. The van der Waals surface area contributed by atoms with Crippen LogP contribution in [0.5, 0.6) is 11.5 Å². The molecule has 362 valence electrons. The molecule has 0 spiro atoms. The number of hydrogen-bond acceptors (Lipinski definition) is 20. The Morgan fingerprint density at radius 1 is 0.542 bits per heavy atom. The van der Waals surface area contributed by atoms with Gasteiger partial charge in [-0.1, -0.05) is 42.5 Å². The zero-order valence-corrected chi connectivity index (χ0v) is 38.3. The van der Waals surface area contributed by atoms with Crippen LogP contribution in [0.3, 0.4) is 0 Å². The highest BCUT2D eigenvalue weighted by molar-refractivity contribution is 5.94. The van der Waals surface area contributed by atoms with Crippen LogP contribution in [0.2, 0.25) is 0 Å². The second kappa shape index (κ2) is 20.9. The summed E-state index contributed by atoms with van der Waals surface area (Å²) in [5.74, 6) is 1.25. The fourth-order valence-corrected chi connectivity index (χ4v) is 7.43. The molecule has 2 heterocycles. The summed E-state index contributed by atoms with van der Waals surface area (Å²) in [4.78, 5) is 42.6. The normalized spacial score (nSPS) is 11.2. The number of aromatic nitrogens is 6. The Morgan fingerprint density at radius 2 is 1.03 bits per heavy atom. The van der Waals surface area contributed by atoms with Crippen LogP contribution in [0.4, 0.5) is 56.9 Å². The second-order valence-electron chi connectivity index (χ2n) is 15.5. The Bertz CT molecular complexity index is 3620. The molecule has 0 saturated heterocycles. The van der Waals surface area contributed by atoms with Gasteiger partial charge >= 0.3 is 0 Å². The molecular weight excluding hydrogens is 937 g/mol. The highest BCUT2D eigenvalue weighted by Gasteiger charge is 2.24. The van der Waals surface area contributed by atoms with E-state index in [2.05, 4.69) is 61.9 Å². The van der Waals surface area contributed by atoms with E-state index in [0.29, 0.717) is 69.4 Å². The van der Waals surface area contributed by atoms with Crippen molar-refractivity contribution in [2.75, 3.05) is 24.9 Å². The fraction of sp³-hybridized carbons (Fsp3) is 0.130. The number of benzene rings is 7. The lowest BCUT2D eigenvalue weighted by Gasteiger charge is -2.12. The smallest absolute Gasteiger partial charge is 0.281 e. The van der Waals surface area contributed by atoms with Gasteiger partial charge in [0, 0.05) is 31.3 Å².